The lowest BCUT2D eigenvalue weighted by Gasteiger charge is -2.32. The summed E-state index contributed by atoms with van der Waals surface area (Å²) in [4.78, 5) is 11.7. The normalized spacial score (nSPS) is 28.3. The Morgan fingerprint density at radius 3 is 2.74 bits per heavy atom. The van der Waals surface area contributed by atoms with Crippen molar-refractivity contribution < 1.29 is 0 Å². The molecule has 1 aromatic heterocycles. The highest BCUT2D eigenvalue weighted by atomic mass is 15.3. The molecule has 2 atom stereocenters. The van der Waals surface area contributed by atoms with Crippen LogP contribution in [0.15, 0.2) is 6.20 Å². The number of aromatic nitrogens is 2. The van der Waals surface area contributed by atoms with E-state index in [0.717, 1.165) is 44.2 Å². The maximum Gasteiger partial charge on any atom is 0.225 e. The third-order valence-electron chi connectivity index (χ3n) is 4.50. The highest BCUT2D eigenvalue weighted by molar-refractivity contribution is 5.36. The molecule has 0 bridgehead atoms. The van der Waals surface area contributed by atoms with Crippen LogP contribution in [0.1, 0.15) is 50.3 Å². The van der Waals surface area contributed by atoms with Crippen LogP contribution in [0.5, 0.6) is 0 Å². The zero-order chi connectivity index (χ0) is 13.4. The Morgan fingerprint density at radius 2 is 2.00 bits per heavy atom. The smallest absolute Gasteiger partial charge is 0.225 e. The highest BCUT2D eigenvalue weighted by Crippen LogP contribution is 2.33. The summed E-state index contributed by atoms with van der Waals surface area (Å²) in [5.41, 5.74) is 8.58. The summed E-state index contributed by atoms with van der Waals surface area (Å²) in [6.45, 7) is 6.59. The zero-order valence-electron chi connectivity index (χ0n) is 12.0. The summed E-state index contributed by atoms with van der Waals surface area (Å²) >= 11 is 0. The maximum absolute atomic E-state index is 5.96. The Bertz CT molecular complexity index is 451. The summed E-state index contributed by atoms with van der Waals surface area (Å²) in [7, 11) is 0. The van der Waals surface area contributed by atoms with Gasteiger partial charge in [-0.05, 0) is 43.1 Å². The minimum atomic E-state index is 0.355. The summed E-state index contributed by atoms with van der Waals surface area (Å²) in [5.74, 6) is 2.23. The first-order valence-electron chi connectivity index (χ1n) is 7.50. The maximum atomic E-state index is 5.96. The van der Waals surface area contributed by atoms with E-state index in [1.54, 1.807) is 0 Å². The molecule has 0 saturated carbocycles. The Labute approximate surface area is 115 Å². The van der Waals surface area contributed by atoms with E-state index in [4.69, 9.17) is 10.7 Å². The number of fused-ring (bicyclic) bond motifs is 1. The Kier molecular flexibility index (Phi) is 3.44. The second kappa shape index (κ2) is 5.08. The molecule has 4 heteroatoms. The average Bonchev–Trinajstić information content (AvgIpc) is 2.39. The topological polar surface area (TPSA) is 55.0 Å². The molecule has 0 radical (unpaired) electrons. The fourth-order valence-electron chi connectivity index (χ4n) is 3.42. The second-order valence-corrected chi connectivity index (χ2v) is 6.35. The standard InChI is InChI=1S/C15H24N4/c1-10-7-11(2)14-12(8-10)9-17-15(18-14)19-5-3-13(16)4-6-19/h9-11,13H,3-8,16H2,1-2H3. The molecule has 3 rings (SSSR count). The molecule has 104 valence electrons. The minimum Gasteiger partial charge on any atom is -0.341 e. The number of piperidine rings is 1. The van der Waals surface area contributed by atoms with E-state index in [1.807, 2.05) is 0 Å². The number of hydrogen-bond acceptors (Lipinski definition) is 4. The lowest BCUT2D eigenvalue weighted by Crippen LogP contribution is -2.40. The van der Waals surface area contributed by atoms with E-state index in [-0.39, 0.29) is 0 Å². The van der Waals surface area contributed by atoms with Gasteiger partial charge < -0.3 is 10.6 Å². The molecular formula is C15H24N4. The Balaban J connectivity index is 1.83. The van der Waals surface area contributed by atoms with Gasteiger partial charge in [-0.1, -0.05) is 13.8 Å². The minimum absolute atomic E-state index is 0.355. The van der Waals surface area contributed by atoms with Crippen molar-refractivity contribution in [3.05, 3.63) is 17.5 Å². The molecule has 19 heavy (non-hydrogen) atoms. The molecule has 2 N–H and O–H groups in total. The van der Waals surface area contributed by atoms with Crippen LogP contribution in [0.2, 0.25) is 0 Å². The van der Waals surface area contributed by atoms with Crippen molar-refractivity contribution in [2.75, 3.05) is 18.0 Å². The van der Waals surface area contributed by atoms with E-state index < -0.39 is 0 Å². The van der Waals surface area contributed by atoms with Gasteiger partial charge in [-0.2, -0.15) is 0 Å². The van der Waals surface area contributed by atoms with E-state index >= 15 is 0 Å². The number of nitrogens with two attached hydrogens (primary N) is 1. The number of nitrogens with zero attached hydrogens (tertiary/aromatic N) is 3. The molecule has 0 spiro atoms. The molecular weight excluding hydrogens is 236 g/mol. The molecule has 4 nitrogen and oxygen atoms in total. The van der Waals surface area contributed by atoms with Gasteiger partial charge in [0.2, 0.25) is 5.95 Å². The van der Waals surface area contributed by atoms with Crippen LogP contribution in [0.4, 0.5) is 5.95 Å². The predicted octanol–water partition coefficient (Wildman–Crippen LogP) is 2.09. The molecule has 2 unspecified atom stereocenters. The summed E-state index contributed by atoms with van der Waals surface area (Å²) < 4.78 is 0. The summed E-state index contributed by atoms with van der Waals surface area (Å²) in [6, 6.07) is 0.355. The van der Waals surface area contributed by atoms with E-state index in [9.17, 15) is 0 Å². The van der Waals surface area contributed by atoms with Crippen LogP contribution in [-0.2, 0) is 6.42 Å². The van der Waals surface area contributed by atoms with Gasteiger partial charge in [-0.15, -0.1) is 0 Å². The van der Waals surface area contributed by atoms with Crippen molar-refractivity contribution in [3.63, 3.8) is 0 Å². The number of hydrogen-bond donors (Lipinski definition) is 1. The SMILES string of the molecule is CC1Cc2cnc(N3CCC(N)CC3)nc2C(C)C1. The fourth-order valence-corrected chi connectivity index (χ4v) is 3.42. The largest absolute Gasteiger partial charge is 0.341 e. The van der Waals surface area contributed by atoms with Crippen molar-refractivity contribution >= 4 is 5.95 Å². The number of rotatable bonds is 1. The van der Waals surface area contributed by atoms with Gasteiger partial charge >= 0.3 is 0 Å². The van der Waals surface area contributed by atoms with Crippen molar-refractivity contribution in [1.29, 1.82) is 0 Å². The molecule has 1 aliphatic carbocycles. The van der Waals surface area contributed by atoms with E-state index in [0.29, 0.717) is 12.0 Å². The molecule has 1 saturated heterocycles. The van der Waals surface area contributed by atoms with Crippen molar-refractivity contribution in [2.24, 2.45) is 11.7 Å². The first kappa shape index (κ1) is 12.9. The molecule has 0 amide bonds. The third-order valence-corrected chi connectivity index (χ3v) is 4.50. The average molecular weight is 260 g/mol. The highest BCUT2D eigenvalue weighted by Gasteiger charge is 2.25. The van der Waals surface area contributed by atoms with Crippen molar-refractivity contribution in [3.8, 4) is 0 Å². The predicted molar refractivity (Wildman–Crippen MR) is 77.4 cm³/mol. The van der Waals surface area contributed by atoms with Gasteiger partial charge in [0.15, 0.2) is 0 Å². The Morgan fingerprint density at radius 1 is 1.26 bits per heavy atom. The first-order valence-corrected chi connectivity index (χ1v) is 7.50. The lowest BCUT2D eigenvalue weighted by atomic mass is 9.82. The molecule has 0 aromatic carbocycles. The van der Waals surface area contributed by atoms with Crippen LogP contribution < -0.4 is 10.6 Å². The second-order valence-electron chi connectivity index (χ2n) is 6.35. The first-order chi connectivity index (χ1) is 9.13. The van der Waals surface area contributed by atoms with Crippen LogP contribution >= 0.6 is 0 Å². The van der Waals surface area contributed by atoms with Crippen LogP contribution in [0.25, 0.3) is 0 Å². The van der Waals surface area contributed by atoms with Gasteiger partial charge in [0.05, 0.1) is 5.69 Å². The molecule has 2 heterocycles. The fraction of sp³-hybridized carbons (Fsp3) is 0.733. The molecule has 2 aliphatic rings. The van der Waals surface area contributed by atoms with Gasteiger partial charge in [0, 0.05) is 25.3 Å². The van der Waals surface area contributed by atoms with Crippen LogP contribution in [0.3, 0.4) is 0 Å². The third kappa shape index (κ3) is 2.59. The van der Waals surface area contributed by atoms with Gasteiger partial charge in [-0.25, -0.2) is 9.97 Å². The van der Waals surface area contributed by atoms with Gasteiger partial charge in [0.25, 0.3) is 0 Å². The van der Waals surface area contributed by atoms with Crippen molar-refractivity contribution in [1.82, 2.24) is 9.97 Å². The lowest BCUT2D eigenvalue weighted by molar-refractivity contribution is 0.437. The summed E-state index contributed by atoms with van der Waals surface area (Å²) in [6.07, 6.45) is 6.53. The van der Waals surface area contributed by atoms with E-state index in [2.05, 4.69) is 29.9 Å². The number of anilines is 1. The van der Waals surface area contributed by atoms with Crippen molar-refractivity contribution in [2.45, 2.75) is 51.5 Å². The van der Waals surface area contributed by atoms with E-state index in [1.165, 1.54) is 17.7 Å². The molecule has 1 aliphatic heterocycles. The van der Waals surface area contributed by atoms with Gasteiger partial charge in [-0.3, -0.25) is 0 Å². The van der Waals surface area contributed by atoms with Gasteiger partial charge in [0.1, 0.15) is 0 Å². The molecule has 1 fully saturated rings. The van der Waals surface area contributed by atoms with Crippen LogP contribution in [-0.4, -0.2) is 29.1 Å². The quantitative estimate of drug-likeness (QED) is 0.840. The monoisotopic (exact) mass is 260 g/mol. The Hall–Kier alpha value is -1.16. The summed E-state index contributed by atoms with van der Waals surface area (Å²) in [5, 5.41) is 0. The zero-order valence-corrected chi connectivity index (χ0v) is 12.0. The van der Waals surface area contributed by atoms with Crippen LogP contribution in [0, 0.1) is 5.92 Å². The molecule has 1 aromatic rings.